The Morgan fingerprint density at radius 1 is 1.08 bits per heavy atom. The van der Waals surface area contributed by atoms with E-state index in [0.29, 0.717) is 5.02 Å². The Kier molecular flexibility index (Phi) is 6.23. The number of aromatic nitrogens is 1. The largest absolute Gasteiger partial charge is 0.422 e. The quantitative estimate of drug-likeness (QED) is 0.572. The van der Waals surface area contributed by atoms with Crippen molar-refractivity contribution in [3.05, 3.63) is 34.9 Å². The third-order valence-electron chi connectivity index (χ3n) is 3.02. The molecule has 0 aliphatic heterocycles. The monoisotopic (exact) mass is 411 g/mol. The average Bonchev–Trinajstić information content (AvgIpc) is 2.92. The fourth-order valence-electron chi connectivity index (χ4n) is 2.20. The Morgan fingerprint density at radius 3 is 2.00 bits per heavy atom. The first kappa shape index (κ1) is 21.0. The standard InChI is InChI=1S/C16H18ClF3NO4P/c1-9(2)24-26(22,25-10(3)4)15-13(16(18,19)20)14(21-23-15)11-5-7-12(17)8-6-11/h5-10H,1-4H3. The summed E-state index contributed by atoms with van der Waals surface area (Å²) in [5.41, 5.74) is -2.65. The van der Waals surface area contributed by atoms with Gasteiger partial charge >= 0.3 is 13.8 Å². The fourth-order valence-corrected chi connectivity index (χ4v) is 4.33. The maximum atomic E-state index is 13.8. The molecule has 1 aromatic carbocycles. The Hall–Kier alpha value is -1.34. The predicted molar refractivity (Wildman–Crippen MR) is 91.6 cm³/mol. The van der Waals surface area contributed by atoms with E-state index in [1.54, 1.807) is 0 Å². The van der Waals surface area contributed by atoms with Crippen LogP contribution < -0.4 is 5.50 Å². The first-order valence-corrected chi connectivity index (χ1v) is 9.66. The zero-order valence-corrected chi connectivity index (χ0v) is 16.2. The van der Waals surface area contributed by atoms with Crippen LogP contribution >= 0.6 is 19.2 Å². The lowest BCUT2D eigenvalue weighted by Crippen LogP contribution is -2.23. The molecule has 1 heterocycles. The third kappa shape index (κ3) is 4.68. The molecule has 0 radical (unpaired) electrons. The minimum atomic E-state index is -4.89. The summed E-state index contributed by atoms with van der Waals surface area (Å²) >= 11 is 5.77. The summed E-state index contributed by atoms with van der Waals surface area (Å²) < 4.78 is 69.7. The predicted octanol–water partition coefficient (Wildman–Crippen LogP) is 5.68. The van der Waals surface area contributed by atoms with E-state index in [1.165, 1.54) is 52.0 Å². The molecule has 1 aromatic heterocycles. The van der Waals surface area contributed by atoms with Crippen molar-refractivity contribution in [2.45, 2.75) is 46.1 Å². The molecule has 26 heavy (non-hydrogen) atoms. The second kappa shape index (κ2) is 7.72. The van der Waals surface area contributed by atoms with Gasteiger partial charge in [-0.25, -0.2) is 0 Å². The van der Waals surface area contributed by atoms with Gasteiger partial charge in [0.15, 0.2) is 0 Å². The Labute approximate surface area is 153 Å². The summed E-state index contributed by atoms with van der Waals surface area (Å²) in [7, 11) is -4.40. The third-order valence-corrected chi connectivity index (χ3v) is 5.48. The minimum Gasteiger partial charge on any atom is -0.347 e. The summed E-state index contributed by atoms with van der Waals surface area (Å²) in [5.74, 6) is 0. The van der Waals surface area contributed by atoms with Crippen LogP contribution in [0.1, 0.15) is 33.3 Å². The van der Waals surface area contributed by atoms with Gasteiger partial charge in [0.2, 0.25) is 0 Å². The lowest BCUT2D eigenvalue weighted by Gasteiger charge is -2.21. The van der Waals surface area contributed by atoms with Gasteiger partial charge in [0, 0.05) is 10.6 Å². The highest BCUT2D eigenvalue weighted by molar-refractivity contribution is 7.61. The SMILES string of the molecule is CC(C)OP(=O)(OC(C)C)c1onc(-c2ccc(Cl)cc2)c1C(F)(F)F. The molecule has 0 amide bonds. The number of nitrogens with zero attached hydrogens (tertiary/aromatic N) is 1. The molecule has 2 rings (SSSR count). The summed E-state index contributed by atoms with van der Waals surface area (Å²) in [6.07, 6.45) is -6.21. The van der Waals surface area contributed by atoms with Crippen molar-refractivity contribution in [1.82, 2.24) is 5.16 Å². The van der Waals surface area contributed by atoms with E-state index in [1.807, 2.05) is 0 Å². The summed E-state index contributed by atoms with van der Waals surface area (Å²) in [5, 5.41) is 3.84. The lowest BCUT2D eigenvalue weighted by atomic mass is 10.1. The summed E-state index contributed by atoms with van der Waals surface area (Å²) in [6, 6.07) is 5.55. The normalized spacial score (nSPS) is 13.0. The molecule has 0 N–H and O–H groups in total. The fraction of sp³-hybridized carbons (Fsp3) is 0.438. The van der Waals surface area contributed by atoms with E-state index in [-0.39, 0.29) is 5.56 Å². The van der Waals surface area contributed by atoms with Crippen LogP contribution in [0.2, 0.25) is 5.02 Å². The molecule has 0 saturated heterocycles. The summed E-state index contributed by atoms with van der Waals surface area (Å²) in [4.78, 5) is 0. The van der Waals surface area contributed by atoms with E-state index >= 15 is 0 Å². The number of benzene rings is 1. The van der Waals surface area contributed by atoms with Crippen molar-refractivity contribution in [2.24, 2.45) is 0 Å². The molecular formula is C16H18ClF3NO4P. The highest BCUT2D eigenvalue weighted by Gasteiger charge is 2.49. The number of hydrogen-bond donors (Lipinski definition) is 0. The van der Waals surface area contributed by atoms with Crippen LogP contribution in [0, 0.1) is 0 Å². The molecule has 0 aliphatic carbocycles. The molecule has 5 nitrogen and oxygen atoms in total. The number of halogens is 4. The molecule has 0 saturated carbocycles. The van der Waals surface area contributed by atoms with Crippen LogP contribution in [0.4, 0.5) is 13.2 Å². The molecule has 144 valence electrons. The van der Waals surface area contributed by atoms with E-state index in [2.05, 4.69) is 5.16 Å². The molecule has 0 spiro atoms. The van der Waals surface area contributed by atoms with Crippen molar-refractivity contribution in [2.75, 3.05) is 0 Å². The molecule has 2 aromatic rings. The van der Waals surface area contributed by atoms with Crippen LogP contribution in [-0.4, -0.2) is 17.4 Å². The second-order valence-corrected chi connectivity index (χ2v) is 8.28. The Balaban J connectivity index is 2.68. The minimum absolute atomic E-state index is 0.109. The molecule has 0 aliphatic rings. The zero-order valence-electron chi connectivity index (χ0n) is 14.5. The molecule has 10 heteroatoms. The highest BCUT2D eigenvalue weighted by Crippen LogP contribution is 2.53. The maximum Gasteiger partial charge on any atom is 0.422 e. The molecule has 0 atom stereocenters. The lowest BCUT2D eigenvalue weighted by molar-refractivity contribution is -0.136. The number of alkyl halides is 3. The van der Waals surface area contributed by atoms with Crippen molar-refractivity contribution < 1.29 is 31.3 Å². The van der Waals surface area contributed by atoms with Gasteiger partial charge < -0.3 is 13.6 Å². The first-order valence-electron chi connectivity index (χ1n) is 7.74. The summed E-state index contributed by atoms with van der Waals surface area (Å²) in [6.45, 7) is 6.11. The van der Waals surface area contributed by atoms with Gasteiger partial charge in [0.1, 0.15) is 11.3 Å². The topological polar surface area (TPSA) is 61.6 Å². The number of rotatable bonds is 6. The number of hydrogen-bond acceptors (Lipinski definition) is 5. The Morgan fingerprint density at radius 2 is 1.58 bits per heavy atom. The molecular weight excluding hydrogens is 394 g/mol. The van der Waals surface area contributed by atoms with Gasteiger partial charge in [-0.2, -0.15) is 13.2 Å². The van der Waals surface area contributed by atoms with Gasteiger partial charge in [-0.05, 0) is 39.8 Å². The van der Waals surface area contributed by atoms with Crippen molar-refractivity contribution in [3.63, 3.8) is 0 Å². The van der Waals surface area contributed by atoms with Crippen molar-refractivity contribution >= 4 is 24.7 Å². The van der Waals surface area contributed by atoms with Crippen LogP contribution in [-0.2, 0) is 19.8 Å². The van der Waals surface area contributed by atoms with Gasteiger partial charge in [-0.3, -0.25) is 4.57 Å². The van der Waals surface area contributed by atoms with Gasteiger partial charge in [-0.15, -0.1) is 0 Å². The highest BCUT2D eigenvalue weighted by atomic mass is 35.5. The van der Waals surface area contributed by atoms with E-state index in [4.69, 9.17) is 25.2 Å². The van der Waals surface area contributed by atoms with Crippen LogP contribution in [0.5, 0.6) is 0 Å². The average molecular weight is 412 g/mol. The maximum absolute atomic E-state index is 13.8. The van der Waals surface area contributed by atoms with E-state index in [9.17, 15) is 17.7 Å². The van der Waals surface area contributed by atoms with Crippen LogP contribution in [0.25, 0.3) is 11.3 Å². The zero-order chi connectivity index (χ0) is 19.7. The first-order chi connectivity index (χ1) is 11.9. The van der Waals surface area contributed by atoms with Gasteiger partial charge in [-0.1, -0.05) is 28.9 Å². The van der Waals surface area contributed by atoms with Crippen LogP contribution in [0.3, 0.4) is 0 Å². The van der Waals surface area contributed by atoms with Gasteiger partial charge in [0.05, 0.1) is 12.2 Å². The molecule has 0 fully saturated rings. The van der Waals surface area contributed by atoms with Crippen molar-refractivity contribution in [1.29, 1.82) is 0 Å². The van der Waals surface area contributed by atoms with Crippen molar-refractivity contribution in [3.8, 4) is 11.3 Å². The second-order valence-electron chi connectivity index (χ2n) is 6.02. The van der Waals surface area contributed by atoms with Gasteiger partial charge in [0.25, 0.3) is 5.50 Å². The molecule has 0 bridgehead atoms. The van der Waals surface area contributed by atoms with E-state index in [0.717, 1.165) is 0 Å². The Bertz CT molecular complexity index is 789. The van der Waals surface area contributed by atoms with E-state index < -0.39 is 42.7 Å². The smallest absolute Gasteiger partial charge is 0.347 e. The van der Waals surface area contributed by atoms with Crippen LogP contribution in [0.15, 0.2) is 28.8 Å². The molecule has 0 unspecified atom stereocenters.